The smallest absolute Gasteiger partial charge is 0.252 e. The van der Waals surface area contributed by atoms with E-state index in [0.29, 0.717) is 0 Å². The summed E-state index contributed by atoms with van der Waals surface area (Å²) in [5.74, 6) is 0. The van der Waals surface area contributed by atoms with Crippen molar-refractivity contribution in [3.05, 3.63) is 175 Å². The minimum Gasteiger partial charge on any atom is -0.310 e. The highest BCUT2D eigenvalue weighted by Crippen LogP contribution is 2.50. The number of fused-ring (bicyclic) bond motifs is 11. The highest BCUT2D eigenvalue weighted by molar-refractivity contribution is 7.00. The molecular formula is C53H31BN2. The van der Waals surface area contributed by atoms with Crippen LogP contribution in [-0.4, -0.2) is 15.8 Å². The summed E-state index contributed by atoms with van der Waals surface area (Å²) in [6.07, 6.45) is 0. The summed E-state index contributed by atoms with van der Waals surface area (Å²) in [4.78, 5) is 0. The fourth-order valence-electron chi connectivity index (χ4n) is 11.1. The monoisotopic (exact) mass is 706 g/mol. The van der Waals surface area contributed by atoms with E-state index in [1.165, 1.54) is 132 Å². The molecule has 0 saturated heterocycles. The molecular weight excluding hydrogens is 675 g/mol. The second kappa shape index (κ2) is 10.1. The van der Waals surface area contributed by atoms with E-state index in [-0.39, 0.29) is 6.71 Å². The van der Waals surface area contributed by atoms with Gasteiger partial charge in [0.25, 0.3) is 6.71 Å². The molecule has 256 valence electrons. The van der Waals surface area contributed by atoms with Crippen molar-refractivity contribution < 1.29 is 0 Å². The van der Waals surface area contributed by atoms with Crippen LogP contribution in [0.5, 0.6) is 0 Å². The third-order valence-corrected chi connectivity index (χ3v) is 13.2. The van der Waals surface area contributed by atoms with E-state index in [9.17, 15) is 0 Å². The van der Waals surface area contributed by atoms with Gasteiger partial charge < -0.3 is 9.13 Å². The van der Waals surface area contributed by atoms with Crippen molar-refractivity contribution in [1.82, 2.24) is 9.13 Å². The lowest BCUT2D eigenvalue weighted by atomic mass is 9.34. The highest BCUT2D eigenvalue weighted by Gasteiger charge is 2.42. The number of aromatic nitrogens is 2. The Morgan fingerprint density at radius 2 is 1.04 bits per heavy atom. The average molecular weight is 707 g/mol. The largest absolute Gasteiger partial charge is 0.310 e. The number of hydrogen-bond acceptors (Lipinski definition) is 0. The lowest BCUT2D eigenvalue weighted by Crippen LogP contribution is -2.59. The van der Waals surface area contributed by atoms with E-state index in [1.807, 2.05) is 0 Å². The van der Waals surface area contributed by atoms with Crippen LogP contribution in [0.1, 0.15) is 5.56 Å². The molecule has 1 aliphatic carbocycles. The van der Waals surface area contributed by atoms with E-state index in [4.69, 9.17) is 0 Å². The van der Waals surface area contributed by atoms with E-state index < -0.39 is 0 Å². The maximum Gasteiger partial charge on any atom is 0.252 e. The molecule has 0 fully saturated rings. The molecule has 2 aliphatic heterocycles. The standard InChI is InChI=1S/C53H31BN2/c1-30-25-46-51-47(26-30)56-45-24-19-33-15-10-18-38-36-16-8-9-17-37(36)39-21-22-42(53(56)49(39)50(45)48(33)38)54(51)43-29-35(32-13-6-3-7-14-32)28-41-40-27-34(31-11-4-2-5-12-31)20-23-44(40)55(46)52(41)43/h2-29H,1H3. The quantitative estimate of drug-likeness (QED) is 0.158. The molecule has 2 aromatic heterocycles. The van der Waals surface area contributed by atoms with Gasteiger partial charge in [-0.05, 0) is 121 Å². The van der Waals surface area contributed by atoms with Crippen LogP contribution in [0.3, 0.4) is 0 Å². The van der Waals surface area contributed by atoms with Crippen LogP contribution in [0.2, 0.25) is 0 Å². The zero-order valence-electron chi connectivity index (χ0n) is 30.6. The second-order valence-electron chi connectivity index (χ2n) is 16.1. The first-order chi connectivity index (χ1) is 27.7. The molecule has 0 N–H and O–H groups in total. The lowest BCUT2D eigenvalue weighted by Gasteiger charge is -2.34. The lowest BCUT2D eigenvalue weighted by molar-refractivity contribution is 1.13. The topological polar surface area (TPSA) is 9.86 Å². The van der Waals surface area contributed by atoms with Gasteiger partial charge in [0.1, 0.15) is 0 Å². The summed E-state index contributed by atoms with van der Waals surface area (Å²) in [5, 5.41) is 8.01. The third-order valence-electron chi connectivity index (χ3n) is 13.2. The minimum absolute atomic E-state index is 0.0623. The van der Waals surface area contributed by atoms with Crippen LogP contribution < -0.4 is 16.4 Å². The van der Waals surface area contributed by atoms with E-state index in [2.05, 4.69) is 186 Å². The van der Waals surface area contributed by atoms with E-state index in [1.54, 1.807) is 0 Å². The van der Waals surface area contributed by atoms with Crippen LogP contribution in [0.15, 0.2) is 170 Å². The molecule has 0 saturated carbocycles. The maximum atomic E-state index is 2.64. The Bertz CT molecular complexity index is 3590. The molecule has 0 radical (unpaired) electrons. The van der Waals surface area contributed by atoms with Crippen molar-refractivity contribution in [2.75, 3.05) is 0 Å². The second-order valence-corrected chi connectivity index (χ2v) is 16.1. The molecule has 56 heavy (non-hydrogen) atoms. The Morgan fingerprint density at radius 3 is 1.80 bits per heavy atom. The Labute approximate surface area is 323 Å². The van der Waals surface area contributed by atoms with E-state index >= 15 is 0 Å². The molecule has 2 nitrogen and oxygen atoms in total. The molecule has 3 aliphatic rings. The van der Waals surface area contributed by atoms with Crippen molar-refractivity contribution in [1.29, 1.82) is 0 Å². The molecule has 14 rings (SSSR count). The number of benzene rings is 9. The number of nitrogens with zero attached hydrogens (tertiary/aromatic N) is 2. The third kappa shape index (κ3) is 3.46. The Balaban J connectivity index is 1.19. The summed E-state index contributed by atoms with van der Waals surface area (Å²) < 4.78 is 5.24. The van der Waals surface area contributed by atoms with Crippen molar-refractivity contribution in [3.8, 4) is 55.9 Å². The van der Waals surface area contributed by atoms with Gasteiger partial charge in [-0.25, -0.2) is 0 Å². The normalized spacial score (nSPS) is 13.1. The van der Waals surface area contributed by atoms with Crippen LogP contribution in [-0.2, 0) is 0 Å². The molecule has 0 unspecified atom stereocenters. The van der Waals surface area contributed by atoms with Crippen LogP contribution in [0, 0.1) is 6.92 Å². The van der Waals surface area contributed by atoms with Crippen molar-refractivity contribution in [2.24, 2.45) is 0 Å². The van der Waals surface area contributed by atoms with Gasteiger partial charge in [-0.15, -0.1) is 0 Å². The SMILES string of the molecule is Cc1cc2c3c(c1)-n1c4ccc5cccc6c5c4c4c(ccc(c41)B3c1cc(-c3ccccc3)cc3c4cc(-c5ccccc5)ccc4n-2c13)-c1ccccc1-6. The number of hydrogen-bond donors (Lipinski definition) is 0. The highest BCUT2D eigenvalue weighted by atomic mass is 15.0. The van der Waals surface area contributed by atoms with Crippen molar-refractivity contribution in [3.63, 3.8) is 0 Å². The van der Waals surface area contributed by atoms with Crippen LogP contribution >= 0.6 is 0 Å². The first-order valence-corrected chi connectivity index (χ1v) is 19.7. The predicted octanol–water partition coefficient (Wildman–Crippen LogP) is 11.5. The minimum atomic E-state index is 0.0623. The summed E-state index contributed by atoms with van der Waals surface area (Å²) in [6.45, 7) is 2.34. The zero-order chi connectivity index (χ0) is 36.4. The molecule has 9 aromatic carbocycles. The van der Waals surface area contributed by atoms with Gasteiger partial charge in [-0.1, -0.05) is 133 Å². The maximum absolute atomic E-state index is 2.64. The van der Waals surface area contributed by atoms with Gasteiger partial charge in [0, 0.05) is 38.4 Å². The zero-order valence-corrected chi connectivity index (χ0v) is 30.6. The van der Waals surface area contributed by atoms with Gasteiger partial charge in [0.15, 0.2) is 0 Å². The fourth-order valence-corrected chi connectivity index (χ4v) is 11.1. The summed E-state index contributed by atoms with van der Waals surface area (Å²) in [6, 6.07) is 64.3. The predicted molar refractivity (Wildman–Crippen MR) is 237 cm³/mol. The summed E-state index contributed by atoms with van der Waals surface area (Å²) in [5.41, 5.74) is 23.5. The van der Waals surface area contributed by atoms with Gasteiger partial charge in [0.2, 0.25) is 0 Å². The number of aryl methyl sites for hydroxylation is 1. The van der Waals surface area contributed by atoms with Crippen molar-refractivity contribution >= 4 is 77.5 Å². The molecule has 4 heterocycles. The molecule has 0 spiro atoms. The summed E-state index contributed by atoms with van der Waals surface area (Å²) >= 11 is 0. The molecule has 0 bridgehead atoms. The van der Waals surface area contributed by atoms with Gasteiger partial charge in [0.05, 0.1) is 16.6 Å². The number of rotatable bonds is 2. The van der Waals surface area contributed by atoms with Crippen LogP contribution in [0.25, 0.3) is 110 Å². The summed E-state index contributed by atoms with van der Waals surface area (Å²) in [7, 11) is 0. The van der Waals surface area contributed by atoms with Crippen LogP contribution in [0.4, 0.5) is 0 Å². The van der Waals surface area contributed by atoms with Crippen molar-refractivity contribution in [2.45, 2.75) is 6.92 Å². The Morgan fingerprint density at radius 1 is 0.393 bits per heavy atom. The average Bonchev–Trinajstić information content (AvgIpc) is 3.74. The van der Waals surface area contributed by atoms with Gasteiger partial charge >= 0.3 is 0 Å². The Kier molecular flexibility index (Phi) is 5.31. The van der Waals surface area contributed by atoms with E-state index in [0.717, 1.165) is 0 Å². The molecule has 0 amide bonds. The Hall–Kier alpha value is -7.10. The van der Waals surface area contributed by atoms with Gasteiger partial charge in [-0.2, -0.15) is 0 Å². The molecule has 11 aromatic rings. The molecule has 3 heteroatoms. The first-order valence-electron chi connectivity index (χ1n) is 19.7. The first kappa shape index (κ1) is 29.3. The fraction of sp³-hybridized carbons (Fsp3) is 0.0189. The molecule has 0 atom stereocenters. The van der Waals surface area contributed by atoms with Gasteiger partial charge in [-0.3, -0.25) is 0 Å².